The van der Waals surface area contributed by atoms with Crippen LogP contribution in [-0.2, 0) is 9.59 Å². The van der Waals surface area contributed by atoms with Crippen LogP contribution in [0.25, 0.3) is 0 Å². The molecule has 0 aromatic heterocycles. The zero-order chi connectivity index (χ0) is 18.7. The first-order valence-electron chi connectivity index (χ1n) is 8.00. The first kappa shape index (κ1) is 21.2. The number of amides is 2. The summed E-state index contributed by atoms with van der Waals surface area (Å²) in [4.78, 5) is 26.6. The lowest BCUT2D eigenvalue weighted by atomic mass is 10.2. The van der Waals surface area contributed by atoms with Crippen LogP contribution in [0.15, 0.2) is 29.3 Å². The lowest BCUT2D eigenvalue weighted by molar-refractivity contribution is -0.119. The molecule has 0 aliphatic heterocycles. The van der Waals surface area contributed by atoms with Crippen LogP contribution < -0.4 is 11.1 Å². The van der Waals surface area contributed by atoms with Crippen LogP contribution >= 0.6 is 24.4 Å². The van der Waals surface area contributed by atoms with Crippen molar-refractivity contribution in [3.05, 3.63) is 35.4 Å². The molecule has 1 rings (SSSR count). The minimum Gasteiger partial charge on any atom is -0.378 e. The molecule has 0 aliphatic rings. The molecular formula is C17H24N4O2S2. The predicted octanol–water partition coefficient (Wildman–Crippen LogP) is 2.50. The number of aryl methyl sites for hydroxylation is 1. The Morgan fingerprint density at radius 1 is 1.24 bits per heavy atom. The van der Waals surface area contributed by atoms with E-state index in [0.717, 1.165) is 35.7 Å². The fraction of sp³-hybridized carbons (Fsp3) is 0.412. The van der Waals surface area contributed by atoms with Crippen molar-refractivity contribution in [1.82, 2.24) is 5.32 Å². The van der Waals surface area contributed by atoms with Crippen LogP contribution in [0.4, 0.5) is 0 Å². The molecule has 0 bridgehead atoms. The van der Waals surface area contributed by atoms with Gasteiger partial charge in [-0.3, -0.25) is 15.0 Å². The largest absolute Gasteiger partial charge is 0.378 e. The first-order chi connectivity index (χ1) is 11.9. The van der Waals surface area contributed by atoms with Crippen LogP contribution in [0.5, 0.6) is 0 Å². The molecule has 1 aromatic rings. The Balaban J connectivity index is 2.28. The summed E-state index contributed by atoms with van der Waals surface area (Å²) in [5.74, 6) is -0.201. The van der Waals surface area contributed by atoms with Gasteiger partial charge >= 0.3 is 0 Å². The second-order valence-electron chi connectivity index (χ2n) is 5.46. The van der Waals surface area contributed by atoms with E-state index in [1.807, 2.05) is 31.2 Å². The zero-order valence-corrected chi connectivity index (χ0v) is 16.0. The van der Waals surface area contributed by atoms with E-state index < -0.39 is 0 Å². The minimum atomic E-state index is -0.291. The van der Waals surface area contributed by atoms with Crippen molar-refractivity contribution >= 4 is 46.4 Å². The average molecular weight is 381 g/mol. The number of rotatable bonds is 8. The Labute approximate surface area is 158 Å². The monoisotopic (exact) mass is 380 g/mol. The molecule has 0 aliphatic carbocycles. The maximum Gasteiger partial charge on any atom is 0.248 e. The Hall–Kier alpha value is -1.80. The number of nitrogens with one attached hydrogen (secondary N) is 2. The van der Waals surface area contributed by atoms with Gasteiger partial charge in [-0.15, -0.1) is 0 Å². The third kappa shape index (κ3) is 9.31. The van der Waals surface area contributed by atoms with Crippen molar-refractivity contribution in [2.45, 2.75) is 32.6 Å². The number of thiol groups is 1. The predicted molar refractivity (Wildman–Crippen MR) is 108 cm³/mol. The summed E-state index contributed by atoms with van der Waals surface area (Å²) in [6.45, 7) is 2.56. The normalized spacial score (nSPS) is 11.2. The third-order valence-electron chi connectivity index (χ3n) is 3.29. The maximum absolute atomic E-state index is 11.8. The molecular weight excluding hydrogens is 356 g/mol. The fourth-order valence-corrected chi connectivity index (χ4v) is 2.65. The highest BCUT2D eigenvalue weighted by molar-refractivity contribution is 8.26. The summed E-state index contributed by atoms with van der Waals surface area (Å²) in [5, 5.41) is 11.0. The van der Waals surface area contributed by atoms with Crippen LogP contribution in [0.3, 0.4) is 0 Å². The molecule has 0 spiro atoms. The van der Waals surface area contributed by atoms with Crippen LogP contribution in [-0.4, -0.2) is 34.3 Å². The van der Waals surface area contributed by atoms with Gasteiger partial charge in [0.1, 0.15) is 5.04 Å². The number of thioether (sulfide) groups is 1. The smallest absolute Gasteiger partial charge is 0.248 e. The van der Waals surface area contributed by atoms with Gasteiger partial charge in [-0.2, -0.15) is 17.6 Å². The number of aliphatic imine (C=N–C) groups is 1. The molecule has 0 fully saturated rings. The molecule has 0 heterocycles. The molecule has 25 heavy (non-hydrogen) atoms. The number of carbonyl (C=O) groups excluding carboxylic acids is 2. The number of benzene rings is 1. The van der Waals surface area contributed by atoms with E-state index in [-0.39, 0.29) is 27.8 Å². The molecule has 8 heteroatoms. The molecule has 2 amide bonds. The maximum atomic E-state index is 11.8. The molecule has 0 unspecified atom stereocenters. The number of carbonyl (C=O) groups is 2. The number of unbranched alkanes of at least 4 members (excludes halogenated alkanes) is 2. The molecule has 136 valence electrons. The molecule has 1 aromatic carbocycles. The summed E-state index contributed by atoms with van der Waals surface area (Å²) in [5.41, 5.74) is 7.59. The minimum absolute atomic E-state index is 0.0802. The van der Waals surface area contributed by atoms with Gasteiger partial charge in [0.25, 0.3) is 0 Å². The summed E-state index contributed by atoms with van der Waals surface area (Å²) in [6, 6.07) is 7.52. The van der Waals surface area contributed by atoms with E-state index in [1.165, 1.54) is 0 Å². The van der Waals surface area contributed by atoms with Crippen molar-refractivity contribution in [2.24, 2.45) is 10.7 Å². The lowest BCUT2D eigenvalue weighted by Gasteiger charge is -2.04. The quantitative estimate of drug-likeness (QED) is 0.240. The van der Waals surface area contributed by atoms with Crippen molar-refractivity contribution < 1.29 is 9.59 Å². The van der Waals surface area contributed by atoms with Gasteiger partial charge in [-0.25, -0.2) is 0 Å². The Kier molecular flexibility index (Phi) is 9.94. The van der Waals surface area contributed by atoms with Gasteiger partial charge < -0.3 is 11.1 Å². The summed E-state index contributed by atoms with van der Waals surface area (Å²) in [7, 11) is 0. The lowest BCUT2D eigenvalue weighted by Crippen LogP contribution is -2.25. The van der Waals surface area contributed by atoms with Gasteiger partial charge in [-0.05, 0) is 31.5 Å². The number of hydrogen-bond acceptors (Lipinski definition) is 5. The van der Waals surface area contributed by atoms with E-state index in [1.54, 1.807) is 0 Å². The summed E-state index contributed by atoms with van der Waals surface area (Å²) < 4.78 is 0. The molecule has 0 radical (unpaired) electrons. The van der Waals surface area contributed by atoms with Crippen molar-refractivity contribution in [3.63, 3.8) is 0 Å². The van der Waals surface area contributed by atoms with Gasteiger partial charge in [0, 0.05) is 18.5 Å². The zero-order valence-electron chi connectivity index (χ0n) is 14.2. The number of hydrogen-bond donors (Lipinski definition) is 4. The van der Waals surface area contributed by atoms with Crippen LogP contribution in [0, 0.1) is 12.3 Å². The van der Waals surface area contributed by atoms with E-state index in [9.17, 15) is 9.59 Å². The molecule has 0 atom stereocenters. The van der Waals surface area contributed by atoms with Gasteiger partial charge in [0.05, 0.1) is 5.75 Å². The number of nitrogens with zero attached hydrogens (tertiary/aromatic N) is 1. The second kappa shape index (κ2) is 11.7. The standard InChI is InChI=1S/C17H24N4O2S2/c1-12-6-8-13(9-7-12)16(18)25-17(19)21-14(22)5-3-2-4-10-20-15(23)11-24/h6-9,18,24H,2-5,10-11H2,1H3,(H,20,23)(H2,19,21,22). The molecule has 0 saturated heterocycles. The molecule has 4 N–H and O–H groups in total. The van der Waals surface area contributed by atoms with Gasteiger partial charge in [-0.1, -0.05) is 36.2 Å². The van der Waals surface area contributed by atoms with Crippen molar-refractivity contribution in [3.8, 4) is 0 Å². The average Bonchev–Trinajstić information content (AvgIpc) is 2.57. The Morgan fingerprint density at radius 3 is 2.56 bits per heavy atom. The number of amidine groups is 1. The first-order valence-corrected chi connectivity index (χ1v) is 9.45. The van der Waals surface area contributed by atoms with E-state index >= 15 is 0 Å². The molecule has 6 nitrogen and oxygen atoms in total. The van der Waals surface area contributed by atoms with Gasteiger partial charge in [0.15, 0.2) is 5.17 Å². The van der Waals surface area contributed by atoms with E-state index in [2.05, 4.69) is 22.9 Å². The van der Waals surface area contributed by atoms with Crippen molar-refractivity contribution in [1.29, 1.82) is 5.41 Å². The second-order valence-corrected chi connectivity index (χ2v) is 6.81. The summed E-state index contributed by atoms with van der Waals surface area (Å²) in [6.07, 6.45) is 2.62. The number of nitrogens with two attached hydrogens (primary N) is 1. The third-order valence-corrected chi connectivity index (χ3v) is 4.32. The van der Waals surface area contributed by atoms with Crippen LogP contribution in [0.1, 0.15) is 36.8 Å². The van der Waals surface area contributed by atoms with Gasteiger partial charge in [0.2, 0.25) is 11.8 Å². The van der Waals surface area contributed by atoms with E-state index in [4.69, 9.17) is 11.1 Å². The topological polar surface area (TPSA) is 108 Å². The van der Waals surface area contributed by atoms with Crippen molar-refractivity contribution in [2.75, 3.05) is 12.3 Å². The summed E-state index contributed by atoms with van der Waals surface area (Å²) >= 11 is 4.84. The molecule has 0 saturated carbocycles. The Bertz CT molecular complexity index is 630. The van der Waals surface area contributed by atoms with E-state index in [0.29, 0.717) is 19.4 Å². The fourth-order valence-electron chi connectivity index (χ4n) is 1.93. The van der Waals surface area contributed by atoms with Crippen LogP contribution in [0.2, 0.25) is 0 Å². The highest BCUT2D eigenvalue weighted by atomic mass is 32.2. The highest BCUT2D eigenvalue weighted by Crippen LogP contribution is 2.13. The SMILES string of the molecule is Cc1ccc(C(=N)SC(N)=NC(=O)CCCCCNC(=O)CS)cc1. The highest BCUT2D eigenvalue weighted by Gasteiger charge is 2.07. The Morgan fingerprint density at radius 2 is 1.92 bits per heavy atom.